The standard InChI is InChI=1S/C23H25FN8OS/c1-3-16-9-25-23(26-10-16)31-7-6-19(15(2)11-31)22-28-17(13-34-22)12-33-21-5-4-18(8-20(21)24)32-14-27-29-30-32/h4-5,8-10,13-15,19H,3,6-7,11-12H2,1-2H3. The molecule has 0 N–H and O–H groups in total. The first-order chi connectivity index (χ1) is 16.6. The number of nitrogens with zero attached hydrogens (tertiary/aromatic N) is 8. The Labute approximate surface area is 200 Å². The Morgan fingerprint density at radius 2 is 2.09 bits per heavy atom. The maximum Gasteiger partial charge on any atom is 0.225 e. The third kappa shape index (κ3) is 4.74. The van der Waals surface area contributed by atoms with Gasteiger partial charge in [0.05, 0.1) is 16.4 Å². The van der Waals surface area contributed by atoms with E-state index in [2.05, 4.69) is 44.2 Å². The number of rotatable bonds is 7. The molecule has 1 aromatic carbocycles. The summed E-state index contributed by atoms with van der Waals surface area (Å²) >= 11 is 1.64. The summed E-state index contributed by atoms with van der Waals surface area (Å²) in [5.41, 5.74) is 2.47. The third-order valence-corrected chi connectivity index (χ3v) is 7.10. The van der Waals surface area contributed by atoms with Crippen molar-refractivity contribution in [3.8, 4) is 11.4 Å². The first kappa shape index (κ1) is 22.3. The van der Waals surface area contributed by atoms with E-state index >= 15 is 0 Å². The van der Waals surface area contributed by atoms with Crippen LogP contribution in [-0.2, 0) is 13.0 Å². The molecule has 3 aromatic heterocycles. The second-order valence-electron chi connectivity index (χ2n) is 8.40. The number of anilines is 1. The van der Waals surface area contributed by atoms with Gasteiger partial charge in [-0.05, 0) is 46.9 Å². The van der Waals surface area contributed by atoms with Crippen molar-refractivity contribution in [3.05, 3.63) is 64.4 Å². The van der Waals surface area contributed by atoms with Crippen LogP contribution < -0.4 is 9.64 Å². The average Bonchev–Trinajstić information content (AvgIpc) is 3.56. The summed E-state index contributed by atoms with van der Waals surface area (Å²) in [7, 11) is 0. The number of hydrogen-bond acceptors (Lipinski definition) is 9. The fourth-order valence-corrected chi connectivity index (χ4v) is 5.20. The maximum atomic E-state index is 14.5. The van der Waals surface area contributed by atoms with Crippen LogP contribution in [0.2, 0.25) is 0 Å². The summed E-state index contributed by atoms with van der Waals surface area (Å²) in [6, 6.07) is 4.62. The van der Waals surface area contributed by atoms with Gasteiger partial charge in [0.2, 0.25) is 5.95 Å². The Kier molecular flexibility index (Phi) is 6.43. The van der Waals surface area contributed by atoms with E-state index in [0.29, 0.717) is 17.5 Å². The summed E-state index contributed by atoms with van der Waals surface area (Å²) in [6.07, 6.45) is 7.16. The van der Waals surface area contributed by atoms with Crippen LogP contribution in [0.25, 0.3) is 5.69 Å². The lowest BCUT2D eigenvalue weighted by Crippen LogP contribution is -2.39. The molecule has 5 rings (SSSR count). The van der Waals surface area contributed by atoms with Crippen LogP contribution in [0.15, 0.2) is 42.3 Å². The monoisotopic (exact) mass is 480 g/mol. The normalized spacial score (nSPS) is 18.3. The highest BCUT2D eigenvalue weighted by Crippen LogP contribution is 2.35. The molecular formula is C23H25FN8OS. The van der Waals surface area contributed by atoms with E-state index in [1.54, 1.807) is 23.5 Å². The number of ether oxygens (including phenoxy) is 1. The van der Waals surface area contributed by atoms with Crippen LogP contribution in [-0.4, -0.2) is 48.2 Å². The minimum atomic E-state index is -0.473. The van der Waals surface area contributed by atoms with Crippen molar-refractivity contribution in [2.45, 2.75) is 39.2 Å². The van der Waals surface area contributed by atoms with E-state index < -0.39 is 5.82 Å². The summed E-state index contributed by atoms with van der Waals surface area (Å²) < 4.78 is 21.6. The molecule has 0 aliphatic carbocycles. The van der Waals surface area contributed by atoms with Gasteiger partial charge in [-0.1, -0.05) is 13.8 Å². The van der Waals surface area contributed by atoms with Gasteiger partial charge in [-0.2, -0.15) is 0 Å². The Balaban J connectivity index is 1.19. The molecule has 1 aliphatic rings. The van der Waals surface area contributed by atoms with E-state index in [4.69, 9.17) is 9.72 Å². The number of aryl methyl sites for hydroxylation is 1. The lowest BCUT2D eigenvalue weighted by molar-refractivity contribution is 0.285. The second-order valence-corrected chi connectivity index (χ2v) is 9.29. The van der Waals surface area contributed by atoms with E-state index in [-0.39, 0.29) is 12.4 Å². The van der Waals surface area contributed by atoms with Crippen molar-refractivity contribution >= 4 is 17.3 Å². The molecule has 1 saturated heterocycles. The predicted octanol–water partition coefficient (Wildman–Crippen LogP) is 3.82. The molecule has 0 radical (unpaired) electrons. The highest BCUT2D eigenvalue weighted by atomic mass is 32.1. The zero-order chi connectivity index (χ0) is 23.5. The van der Waals surface area contributed by atoms with Crippen LogP contribution in [0.5, 0.6) is 5.75 Å². The molecule has 34 heavy (non-hydrogen) atoms. The summed E-state index contributed by atoms with van der Waals surface area (Å²) in [4.78, 5) is 16.1. The van der Waals surface area contributed by atoms with Crippen LogP contribution in [0, 0.1) is 11.7 Å². The second kappa shape index (κ2) is 9.80. The smallest absolute Gasteiger partial charge is 0.225 e. The van der Waals surface area contributed by atoms with Crippen LogP contribution in [0.3, 0.4) is 0 Å². The number of hydrogen-bond donors (Lipinski definition) is 0. The van der Waals surface area contributed by atoms with Crippen molar-refractivity contribution in [2.75, 3.05) is 18.0 Å². The van der Waals surface area contributed by atoms with E-state index in [1.165, 1.54) is 17.1 Å². The van der Waals surface area contributed by atoms with Crippen LogP contribution >= 0.6 is 11.3 Å². The van der Waals surface area contributed by atoms with E-state index in [9.17, 15) is 4.39 Å². The molecule has 0 bridgehead atoms. The summed E-state index contributed by atoms with van der Waals surface area (Å²) in [5, 5.41) is 14.0. The van der Waals surface area contributed by atoms with Gasteiger partial charge in [0.1, 0.15) is 12.9 Å². The molecule has 4 heterocycles. The molecule has 9 nitrogen and oxygen atoms in total. The third-order valence-electron chi connectivity index (χ3n) is 6.08. The Morgan fingerprint density at radius 3 is 2.79 bits per heavy atom. The summed E-state index contributed by atoms with van der Waals surface area (Å²) in [6.45, 7) is 6.34. The van der Waals surface area contributed by atoms with Gasteiger partial charge in [-0.25, -0.2) is 24.0 Å². The highest BCUT2D eigenvalue weighted by molar-refractivity contribution is 7.09. The zero-order valence-electron chi connectivity index (χ0n) is 19.0. The lowest BCUT2D eigenvalue weighted by atomic mass is 9.87. The molecular weight excluding hydrogens is 455 g/mol. The fraction of sp³-hybridized carbons (Fsp3) is 0.391. The Bertz CT molecular complexity index is 1230. The quantitative estimate of drug-likeness (QED) is 0.394. The Morgan fingerprint density at radius 1 is 1.24 bits per heavy atom. The molecule has 11 heteroatoms. The first-order valence-electron chi connectivity index (χ1n) is 11.3. The largest absolute Gasteiger partial charge is 0.484 e. The minimum absolute atomic E-state index is 0.169. The number of tetrazole rings is 1. The molecule has 1 fully saturated rings. The van der Waals surface area contributed by atoms with Crippen LogP contribution in [0.1, 0.15) is 42.5 Å². The number of aromatic nitrogens is 7. The fourth-order valence-electron chi connectivity index (χ4n) is 4.13. The summed E-state index contributed by atoms with van der Waals surface area (Å²) in [5.74, 6) is 1.28. The highest BCUT2D eigenvalue weighted by Gasteiger charge is 2.30. The number of piperidine rings is 1. The molecule has 2 atom stereocenters. The molecule has 4 aromatic rings. The van der Waals surface area contributed by atoms with Gasteiger partial charge >= 0.3 is 0 Å². The zero-order valence-corrected chi connectivity index (χ0v) is 19.8. The molecule has 1 aliphatic heterocycles. The van der Waals surface area contributed by atoms with Gasteiger partial charge in [-0.15, -0.1) is 16.4 Å². The molecule has 2 unspecified atom stereocenters. The number of benzene rings is 1. The van der Waals surface area contributed by atoms with E-state index in [0.717, 1.165) is 48.1 Å². The SMILES string of the molecule is CCc1cnc(N2CCC(c3nc(COc4ccc(-n5cnnn5)cc4F)cs3)C(C)C2)nc1. The van der Waals surface area contributed by atoms with Crippen molar-refractivity contribution in [2.24, 2.45) is 5.92 Å². The topological polar surface area (TPSA) is 94.7 Å². The van der Waals surface area contributed by atoms with Crippen molar-refractivity contribution in [1.82, 2.24) is 35.2 Å². The van der Waals surface area contributed by atoms with Crippen LogP contribution in [0.4, 0.5) is 10.3 Å². The lowest BCUT2D eigenvalue weighted by Gasteiger charge is -2.36. The minimum Gasteiger partial charge on any atom is -0.484 e. The van der Waals surface area contributed by atoms with Crippen molar-refractivity contribution in [3.63, 3.8) is 0 Å². The molecule has 0 amide bonds. The molecule has 0 spiro atoms. The van der Waals surface area contributed by atoms with Gasteiger partial charge in [-0.3, -0.25) is 0 Å². The number of halogens is 1. The first-order valence-corrected chi connectivity index (χ1v) is 12.1. The number of thiazole rings is 1. The maximum absolute atomic E-state index is 14.5. The molecule has 0 saturated carbocycles. The van der Waals surface area contributed by atoms with Gasteiger partial charge in [0.25, 0.3) is 0 Å². The predicted molar refractivity (Wildman–Crippen MR) is 126 cm³/mol. The average molecular weight is 481 g/mol. The van der Waals surface area contributed by atoms with Gasteiger partial charge in [0.15, 0.2) is 11.6 Å². The van der Waals surface area contributed by atoms with E-state index in [1.807, 2.05) is 17.8 Å². The Hall–Kier alpha value is -3.47. The van der Waals surface area contributed by atoms with Gasteiger partial charge < -0.3 is 9.64 Å². The van der Waals surface area contributed by atoms with Crippen molar-refractivity contribution in [1.29, 1.82) is 0 Å². The van der Waals surface area contributed by atoms with Crippen molar-refractivity contribution < 1.29 is 9.13 Å². The van der Waals surface area contributed by atoms with Gasteiger partial charge in [0, 0.05) is 42.8 Å². The molecule has 176 valence electrons.